The van der Waals surface area contributed by atoms with Gasteiger partial charge in [-0.15, -0.1) is 0 Å². The molecule has 0 amide bonds. The summed E-state index contributed by atoms with van der Waals surface area (Å²) in [5, 5.41) is 9.51. The van der Waals surface area contributed by atoms with Gasteiger partial charge in [-0.05, 0) is 44.6 Å². The molecule has 1 aromatic heterocycles. The molecule has 2 N–H and O–H groups in total. The molecular formula is C14H17N3O2. The van der Waals surface area contributed by atoms with Gasteiger partial charge in [0.1, 0.15) is 0 Å². The van der Waals surface area contributed by atoms with E-state index in [9.17, 15) is 9.90 Å². The Balaban J connectivity index is 2.07. The number of aromatic amines is 1. The quantitative estimate of drug-likeness (QED) is 0.881. The van der Waals surface area contributed by atoms with E-state index in [2.05, 4.69) is 9.97 Å². The van der Waals surface area contributed by atoms with Crippen LogP contribution in [-0.2, 0) is 4.79 Å². The van der Waals surface area contributed by atoms with Gasteiger partial charge in [-0.3, -0.25) is 4.79 Å². The molecule has 1 saturated carbocycles. The Morgan fingerprint density at radius 3 is 2.79 bits per heavy atom. The number of carboxylic acids is 1. The molecule has 2 aromatic rings. The highest BCUT2D eigenvalue weighted by Crippen LogP contribution is 2.57. The molecule has 5 heteroatoms. The van der Waals surface area contributed by atoms with Crippen molar-refractivity contribution in [3.8, 4) is 0 Å². The second-order valence-corrected chi connectivity index (χ2v) is 5.51. The lowest BCUT2D eigenvalue weighted by atomic mass is 9.89. The number of hydrogen-bond donors (Lipinski definition) is 2. The van der Waals surface area contributed by atoms with Crippen LogP contribution in [0.1, 0.15) is 24.4 Å². The monoisotopic (exact) mass is 259 g/mol. The van der Waals surface area contributed by atoms with E-state index in [4.69, 9.17) is 0 Å². The first-order chi connectivity index (χ1) is 9.04. The average molecular weight is 259 g/mol. The number of aliphatic carboxylic acids is 1. The van der Waals surface area contributed by atoms with Crippen molar-refractivity contribution in [1.29, 1.82) is 0 Å². The van der Waals surface area contributed by atoms with Crippen molar-refractivity contribution >= 4 is 17.0 Å². The number of aromatic nitrogens is 2. The zero-order valence-corrected chi connectivity index (χ0v) is 11.1. The number of nitrogens with one attached hydrogen (secondary N) is 1. The first kappa shape index (κ1) is 12.2. The molecule has 0 aliphatic heterocycles. The number of carbonyl (C=O) groups is 1. The summed E-state index contributed by atoms with van der Waals surface area (Å²) >= 11 is 0. The smallest absolute Gasteiger partial charge is 0.311 e. The molecule has 100 valence electrons. The fourth-order valence-electron chi connectivity index (χ4n) is 2.97. The van der Waals surface area contributed by atoms with Gasteiger partial charge in [0.15, 0.2) is 0 Å². The number of fused-ring (bicyclic) bond motifs is 1. The standard InChI is InChI=1S/C14H17N3O2/c1-17(2)12(14(5-6-14)13(18)19)9-3-4-10-11(7-9)16-8-15-10/h3-4,7-8,12H,5-6H2,1-2H3,(H,15,16)(H,18,19). The van der Waals surface area contributed by atoms with Gasteiger partial charge in [0.25, 0.3) is 0 Å². The SMILES string of the molecule is CN(C)C(c1ccc2nc[nH]c2c1)C1(C(=O)O)CC1. The van der Waals surface area contributed by atoms with Gasteiger partial charge in [-0.25, -0.2) is 4.98 Å². The highest BCUT2D eigenvalue weighted by atomic mass is 16.4. The van der Waals surface area contributed by atoms with Crippen molar-refractivity contribution in [2.75, 3.05) is 14.1 Å². The van der Waals surface area contributed by atoms with E-state index in [1.165, 1.54) is 0 Å². The van der Waals surface area contributed by atoms with E-state index in [0.717, 1.165) is 29.4 Å². The maximum Gasteiger partial charge on any atom is 0.311 e. The molecule has 1 aromatic carbocycles. The van der Waals surface area contributed by atoms with Crippen molar-refractivity contribution in [2.24, 2.45) is 5.41 Å². The molecule has 1 unspecified atom stereocenters. The molecule has 1 atom stereocenters. The Hall–Kier alpha value is -1.88. The van der Waals surface area contributed by atoms with Gasteiger partial charge >= 0.3 is 5.97 Å². The lowest BCUT2D eigenvalue weighted by Gasteiger charge is -2.30. The number of hydrogen-bond acceptors (Lipinski definition) is 3. The molecule has 0 saturated heterocycles. The van der Waals surface area contributed by atoms with Crippen molar-refractivity contribution in [2.45, 2.75) is 18.9 Å². The van der Waals surface area contributed by atoms with Crippen LogP contribution in [0.15, 0.2) is 24.5 Å². The van der Waals surface area contributed by atoms with Crippen LogP contribution in [0.4, 0.5) is 0 Å². The van der Waals surface area contributed by atoms with Gasteiger partial charge < -0.3 is 15.0 Å². The van der Waals surface area contributed by atoms with Crippen LogP contribution in [0.5, 0.6) is 0 Å². The fourth-order valence-corrected chi connectivity index (χ4v) is 2.97. The maximum atomic E-state index is 11.6. The summed E-state index contributed by atoms with van der Waals surface area (Å²) in [6.07, 6.45) is 3.14. The molecule has 19 heavy (non-hydrogen) atoms. The number of H-pyrrole nitrogens is 1. The predicted octanol–water partition coefficient (Wildman–Crippen LogP) is 2.03. The van der Waals surface area contributed by atoms with Gasteiger partial charge in [0.05, 0.1) is 28.8 Å². The Labute approximate surface area is 111 Å². The molecule has 3 rings (SSSR count). The number of carboxylic acid groups (broad SMARTS) is 1. The first-order valence-electron chi connectivity index (χ1n) is 6.37. The van der Waals surface area contributed by atoms with Gasteiger partial charge in [-0.2, -0.15) is 0 Å². The predicted molar refractivity (Wildman–Crippen MR) is 71.8 cm³/mol. The number of benzene rings is 1. The summed E-state index contributed by atoms with van der Waals surface area (Å²) in [6, 6.07) is 5.83. The average Bonchev–Trinajstić information content (AvgIpc) is 3.01. The van der Waals surface area contributed by atoms with E-state index < -0.39 is 11.4 Å². The van der Waals surface area contributed by atoms with Crippen LogP contribution in [0.2, 0.25) is 0 Å². The molecule has 1 aliphatic rings. The fraction of sp³-hybridized carbons (Fsp3) is 0.429. The lowest BCUT2D eigenvalue weighted by molar-refractivity contribution is -0.146. The maximum absolute atomic E-state index is 11.6. The summed E-state index contributed by atoms with van der Waals surface area (Å²) in [6.45, 7) is 0. The molecular weight excluding hydrogens is 242 g/mol. The van der Waals surface area contributed by atoms with Crippen LogP contribution in [0.25, 0.3) is 11.0 Å². The van der Waals surface area contributed by atoms with Crippen LogP contribution in [0.3, 0.4) is 0 Å². The number of imidazole rings is 1. The van der Waals surface area contributed by atoms with Crippen molar-refractivity contribution in [3.63, 3.8) is 0 Å². The van der Waals surface area contributed by atoms with Crippen LogP contribution < -0.4 is 0 Å². The summed E-state index contributed by atoms with van der Waals surface area (Å²) in [5.41, 5.74) is 2.26. The lowest BCUT2D eigenvalue weighted by Crippen LogP contribution is -2.33. The normalized spacial score (nSPS) is 18.7. The van der Waals surface area contributed by atoms with E-state index in [-0.39, 0.29) is 6.04 Å². The summed E-state index contributed by atoms with van der Waals surface area (Å²) in [7, 11) is 3.87. The zero-order valence-electron chi connectivity index (χ0n) is 11.1. The molecule has 0 spiro atoms. The third kappa shape index (κ3) is 1.81. The van der Waals surface area contributed by atoms with E-state index in [0.29, 0.717) is 0 Å². The topological polar surface area (TPSA) is 69.2 Å². The summed E-state index contributed by atoms with van der Waals surface area (Å²) in [5.74, 6) is -0.698. The van der Waals surface area contributed by atoms with Crippen molar-refractivity contribution < 1.29 is 9.90 Å². The van der Waals surface area contributed by atoms with Crippen LogP contribution in [-0.4, -0.2) is 40.0 Å². The Bertz CT molecular complexity index is 628. The Morgan fingerprint density at radius 2 is 2.21 bits per heavy atom. The van der Waals surface area contributed by atoms with Gasteiger partial charge in [0, 0.05) is 0 Å². The minimum Gasteiger partial charge on any atom is -0.481 e. The molecule has 0 bridgehead atoms. The highest BCUT2D eigenvalue weighted by molar-refractivity contribution is 5.80. The van der Waals surface area contributed by atoms with Crippen molar-refractivity contribution in [1.82, 2.24) is 14.9 Å². The molecule has 0 radical (unpaired) electrons. The number of rotatable bonds is 4. The Morgan fingerprint density at radius 1 is 1.47 bits per heavy atom. The first-order valence-corrected chi connectivity index (χ1v) is 6.37. The van der Waals surface area contributed by atoms with Gasteiger partial charge in [-0.1, -0.05) is 6.07 Å². The zero-order chi connectivity index (χ0) is 13.6. The van der Waals surface area contributed by atoms with E-state index >= 15 is 0 Å². The number of nitrogens with zero attached hydrogens (tertiary/aromatic N) is 2. The summed E-state index contributed by atoms with van der Waals surface area (Å²) in [4.78, 5) is 20.8. The third-order valence-corrected chi connectivity index (χ3v) is 4.01. The molecule has 1 heterocycles. The highest BCUT2D eigenvalue weighted by Gasteiger charge is 2.57. The molecule has 5 nitrogen and oxygen atoms in total. The minimum atomic E-state index is -0.698. The largest absolute Gasteiger partial charge is 0.481 e. The van der Waals surface area contributed by atoms with E-state index in [1.54, 1.807) is 6.33 Å². The minimum absolute atomic E-state index is 0.0994. The molecule has 1 aliphatic carbocycles. The second kappa shape index (κ2) is 4.06. The van der Waals surface area contributed by atoms with Crippen LogP contribution >= 0.6 is 0 Å². The van der Waals surface area contributed by atoms with Crippen LogP contribution in [0, 0.1) is 5.41 Å². The third-order valence-electron chi connectivity index (χ3n) is 4.01. The Kier molecular flexibility index (Phi) is 2.60. The van der Waals surface area contributed by atoms with Crippen molar-refractivity contribution in [3.05, 3.63) is 30.1 Å². The van der Waals surface area contributed by atoms with Gasteiger partial charge in [0.2, 0.25) is 0 Å². The van der Waals surface area contributed by atoms with E-state index in [1.807, 2.05) is 37.2 Å². The second-order valence-electron chi connectivity index (χ2n) is 5.51. The molecule has 1 fully saturated rings. The summed E-state index contributed by atoms with van der Waals surface area (Å²) < 4.78 is 0.